The number of hydrogen-bond donors (Lipinski definition) is 3. The highest BCUT2D eigenvalue weighted by Gasteiger charge is 2.40. The van der Waals surface area contributed by atoms with Crippen LogP contribution in [0.2, 0.25) is 0 Å². The Morgan fingerprint density at radius 2 is 1.94 bits per heavy atom. The summed E-state index contributed by atoms with van der Waals surface area (Å²) in [7, 11) is 1.21. The summed E-state index contributed by atoms with van der Waals surface area (Å²) in [5, 5.41) is 7.94. The second-order valence-electron chi connectivity index (χ2n) is 9.19. The average molecular weight is 462 g/mol. The van der Waals surface area contributed by atoms with E-state index in [9.17, 15) is 19.2 Å². The minimum absolute atomic E-state index is 0.0924. The summed E-state index contributed by atoms with van der Waals surface area (Å²) in [6.45, 7) is 5.65. The fraction of sp³-hybridized carbons (Fsp3) is 0.565. The molecule has 2 aliphatic rings. The highest BCUT2D eigenvalue weighted by atomic mass is 16.6. The van der Waals surface area contributed by atoms with E-state index < -0.39 is 47.7 Å². The number of rotatable bonds is 7. The van der Waals surface area contributed by atoms with Crippen molar-refractivity contribution < 1.29 is 33.4 Å². The molecule has 3 rings (SSSR count). The van der Waals surface area contributed by atoms with Crippen LogP contribution in [0.15, 0.2) is 24.3 Å². The molecule has 0 radical (unpaired) electrons. The molecule has 10 heteroatoms. The van der Waals surface area contributed by atoms with Crippen LogP contribution in [0.3, 0.4) is 0 Å². The van der Waals surface area contributed by atoms with Crippen LogP contribution in [0.5, 0.6) is 5.75 Å². The van der Waals surface area contributed by atoms with Gasteiger partial charge < -0.3 is 30.2 Å². The third kappa shape index (κ3) is 6.36. The topological polar surface area (TPSA) is 132 Å². The summed E-state index contributed by atoms with van der Waals surface area (Å²) in [6, 6.07) is 5.15. The van der Waals surface area contributed by atoms with Gasteiger partial charge >= 0.3 is 12.1 Å². The van der Waals surface area contributed by atoms with Crippen molar-refractivity contribution >= 4 is 23.9 Å². The Kier molecular flexibility index (Phi) is 7.45. The van der Waals surface area contributed by atoms with Gasteiger partial charge in [-0.1, -0.05) is 18.2 Å². The largest absolute Gasteiger partial charge is 0.487 e. The number of esters is 1. The summed E-state index contributed by atoms with van der Waals surface area (Å²) >= 11 is 0. The third-order valence-electron chi connectivity index (χ3n) is 5.48. The number of alkyl carbamates (subject to hydrolysis) is 1. The van der Waals surface area contributed by atoms with E-state index >= 15 is 0 Å². The van der Waals surface area contributed by atoms with Crippen LogP contribution in [0.1, 0.15) is 39.2 Å². The molecule has 1 saturated heterocycles. The predicted molar refractivity (Wildman–Crippen MR) is 117 cm³/mol. The molecule has 2 aliphatic heterocycles. The lowest BCUT2D eigenvalue weighted by molar-refractivity contribution is -0.146. The lowest BCUT2D eigenvalue weighted by atomic mass is 9.97. The van der Waals surface area contributed by atoms with Crippen molar-refractivity contribution in [2.24, 2.45) is 5.92 Å². The Bertz CT molecular complexity index is 887. The number of fused-ring (bicyclic) bond motifs is 1. The van der Waals surface area contributed by atoms with Crippen molar-refractivity contribution in [2.75, 3.05) is 13.7 Å². The molecule has 0 aliphatic carbocycles. The quantitative estimate of drug-likeness (QED) is 0.518. The second-order valence-corrected chi connectivity index (χ2v) is 9.19. The van der Waals surface area contributed by atoms with Gasteiger partial charge in [0.2, 0.25) is 11.8 Å². The van der Waals surface area contributed by atoms with Crippen LogP contribution in [0.25, 0.3) is 0 Å². The number of amides is 3. The molecule has 0 bridgehead atoms. The van der Waals surface area contributed by atoms with Crippen molar-refractivity contribution in [3.05, 3.63) is 29.8 Å². The van der Waals surface area contributed by atoms with Crippen molar-refractivity contribution in [3.8, 4) is 5.75 Å². The minimum atomic E-state index is -1.14. The highest BCUT2D eigenvalue weighted by Crippen LogP contribution is 2.30. The molecule has 3 amide bonds. The van der Waals surface area contributed by atoms with E-state index in [1.54, 1.807) is 26.8 Å². The van der Waals surface area contributed by atoms with Gasteiger partial charge in [0.25, 0.3) is 0 Å². The Morgan fingerprint density at radius 3 is 2.55 bits per heavy atom. The summed E-state index contributed by atoms with van der Waals surface area (Å²) in [5.41, 5.74) is 0.132. The monoisotopic (exact) mass is 461 g/mol. The number of methoxy groups -OCH3 is 1. The van der Waals surface area contributed by atoms with Crippen molar-refractivity contribution in [1.29, 1.82) is 0 Å². The molecule has 2 heterocycles. The van der Waals surface area contributed by atoms with E-state index in [0.717, 1.165) is 5.56 Å². The molecule has 1 aromatic carbocycles. The van der Waals surface area contributed by atoms with Gasteiger partial charge in [-0.25, -0.2) is 9.59 Å². The molecular formula is C23H31N3O7. The maximum atomic E-state index is 13.3. The van der Waals surface area contributed by atoms with E-state index in [1.807, 2.05) is 18.2 Å². The fourth-order valence-corrected chi connectivity index (χ4v) is 3.93. The van der Waals surface area contributed by atoms with Crippen LogP contribution < -0.4 is 20.7 Å². The first kappa shape index (κ1) is 24.3. The number of hydrogen-bond acceptors (Lipinski definition) is 7. The molecule has 0 aromatic heterocycles. The smallest absolute Gasteiger partial charge is 0.408 e. The summed E-state index contributed by atoms with van der Waals surface area (Å²) in [6.07, 6.45) is -0.453. The van der Waals surface area contributed by atoms with Gasteiger partial charge in [-0.15, -0.1) is 0 Å². The molecule has 0 spiro atoms. The average Bonchev–Trinajstić information content (AvgIpc) is 3.35. The second kappa shape index (κ2) is 10.1. The molecule has 4 atom stereocenters. The van der Waals surface area contributed by atoms with Crippen molar-refractivity contribution in [3.63, 3.8) is 0 Å². The van der Waals surface area contributed by atoms with Gasteiger partial charge in [-0.05, 0) is 45.2 Å². The lowest BCUT2D eigenvalue weighted by Crippen LogP contribution is -2.58. The van der Waals surface area contributed by atoms with Crippen LogP contribution in [0, 0.1) is 5.92 Å². The summed E-state index contributed by atoms with van der Waals surface area (Å²) < 4.78 is 16.1. The molecule has 3 N–H and O–H groups in total. The fourth-order valence-electron chi connectivity index (χ4n) is 3.93. The molecule has 0 unspecified atom stereocenters. The Balaban J connectivity index is 1.77. The first-order valence-corrected chi connectivity index (χ1v) is 11.0. The number of para-hydroxylation sites is 1. The number of benzene rings is 1. The Hall–Kier alpha value is -3.30. The van der Waals surface area contributed by atoms with Gasteiger partial charge in [-0.2, -0.15) is 0 Å². The van der Waals surface area contributed by atoms with Crippen LogP contribution >= 0.6 is 0 Å². The van der Waals surface area contributed by atoms with Gasteiger partial charge in [0.05, 0.1) is 7.11 Å². The van der Waals surface area contributed by atoms with Gasteiger partial charge in [0, 0.05) is 18.9 Å². The third-order valence-corrected chi connectivity index (χ3v) is 5.48. The van der Waals surface area contributed by atoms with Crippen molar-refractivity contribution in [2.45, 2.75) is 63.8 Å². The number of carbonyl (C=O) groups is 4. The summed E-state index contributed by atoms with van der Waals surface area (Å²) in [5.74, 6) is -1.27. The zero-order valence-corrected chi connectivity index (χ0v) is 19.3. The van der Waals surface area contributed by atoms with E-state index in [4.69, 9.17) is 14.2 Å². The Labute approximate surface area is 192 Å². The number of carbonyl (C=O) groups excluding carboxylic acids is 4. The standard InChI is InChI=1S/C23H31N3O7/c1-23(2,3)33-22(30)26-18(17-12-13-7-5-6-8-16(13)32-17)20(28)25-15(21(29)31-4)11-14-9-10-24-19(14)27/h5-8,14-15,17-18H,9-12H2,1-4H3,(H,24,27)(H,25,28)(H,26,30)/t14-,15-,17-,18-/m0/s1. The van der Waals surface area contributed by atoms with Crippen LogP contribution in [-0.4, -0.2) is 61.3 Å². The molecule has 1 fully saturated rings. The molecule has 10 nitrogen and oxygen atoms in total. The summed E-state index contributed by atoms with van der Waals surface area (Å²) in [4.78, 5) is 50.1. The van der Waals surface area contributed by atoms with Crippen LogP contribution in [-0.2, 0) is 30.3 Å². The zero-order valence-electron chi connectivity index (χ0n) is 19.3. The lowest BCUT2D eigenvalue weighted by Gasteiger charge is -2.28. The first-order chi connectivity index (χ1) is 15.6. The minimum Gasteiger partial charge on any atom is -0.487 e. The molecule has 0 saturated carbocycles. The van der Waals surface area contributed by atoms with Gasteiger partial charge in [-0.3, -0.25) is 9.59 Å². The van der Waals surface area contributed by atoms with Crippen molar-refractivity contribution in [1.82, 2.24) is 16.0 Å². The zero-order chi connectivity index (χ0) is 24.2. The SMILES string of the molecule is COC(=O)[C@H](C[C@@H]1CCNC1=O)NC(=O)[C@@H](NC(=O)OC(C)(C)C)[C@@H]1Cc2ccccc2O1. The van der Waals surface area contributed by atoms with Gasteiger partial charge in [0.15, 0.2) is 0 Å². The highest BCUT2D eigenvalue weighted by molar-refractivity contribution is 5.91. The molecule has 1 aromatic rings. The van der Waals surface area contributed by atoms with E-state index in [-0.39, 0.29) is 12.3 Å². The normalized spacial score (nSPS) is 21.2. The predicted octanol–water partition coefficient (Wildman–Crippen LogP) is 1.07. The molecule has 33 heavy (non-hydrogen) atoms. The Morgan fingerprint density at radius 1 is 1.21 bits per heavy atom. The first-order valence-electron chi connectivity index (χ1n) is 11.0. The van der Waals surface area contributed by atoms with E-state index in [1.165, 1.54) is 7.11 Å². The van der Waals surface area contributed by atoms with Gasteiger partial charge in [0.1, 0.15) is 29.5 Å². The van der Waals surface area contributed by atoms with E-state index in [2.05, 4.69) is 16.0 Å². The van der Waals surface area contributed by atoms with Crippen LogP contribution in [0.4, 0.5) is 4.79 Å². The number of ether oxygens (including phenoxy) is 3. The van der Waals surface area contributed by atoms with E-state index in [0.29, 0.717) is 25.1 Å². The molecular weight excluding hydrogens is 430 g/mol. The molecule has 180 valence electrons. The maximum Gasteiger partial charge on any atom is 0.408 e. The maximum absolute atomic E-state index is 13.3. The number of nitrogens with one attached hydrogen (secondary N) is 3.